The van der Waals surface area contributed by atoms with Crippen molar-refractivity contribution in [2.75, 3.05) is 4.90 Å². The van der Waals surface area contributed by atoms with Crippen LogP contribution in [-0.2, 0) is 21.7 Å². The Morgan fingerprint density at radius 3 is 2.66 bits per heavy atom. The summed E-state index contributed by atoms with van der Waals surface area (Å²) in [5.41, 5.74) is 0.0429. The SMILES string of the molecule is O=C(/C=C\c1ccco1)C[C@]1(O)C(=O)N(Cc2ccccc2)c2ccc(Br)cc21. The van der Waals surface area contributed by atoms with E-state index in [4.69, 9.17) is 4.42 Å². The zero-order valence-electron chi connectivity index (χ0n) is 15.4. The highest BCUT2D eigenvalue weighted by Gasteiger charge is 2.50. The number of aliphatic hydroxyl groups is 1. The molecule has 0 spiro atoms. The van der Waals surface area contributed by atoms with E-state index in [2.05, 4.69) is 15.9 Å². The van der Waals surface area contributed by atoms with Gasteiger partial charge in [-0.1, -0.05) is 46.3 Å². The maximum Gasteiger partial charge on any atom is 0.264 e. The van der Waals surface area contributed by atoms with Gasteiger partial charge in [0.2, 0.25) is 0 Å². The van der Waals surface area contributed by atoms with Crippen LogP contribution in [0.15, 0.2) is 81.9 Å². The normalized spacial score (nSPS) is 18.4. The van der Waals surface area contributed by atoms with Gasteiger partial charge >= 0.3 is 0 Å². The molecule has 6 heteroatoms. The molecule has 1 N–H and O–H groups in total. The Bertz CT molecular complexity index is 1080. The molecule has 1 aliphatic rings. The molecule has 0 saturated heterocycles. The molecule has 0 radical (unpaired) electrons. The third-order valence-corrected chi connectivity index (χ3v) is 5.38. The van der Waals surface area contributed by atoms with Crippen LogP contribution < -0.4 is 4.90 Å². The number of benzene rings is 2. The first kappa shape index (κ1) is 19.4. The van der Waals surface area contributed by atoms with Gasteiger partial charge in [0, 0.05) is 10.0 Å². The van der Waals surface area contributed by atoms with E-state index in [1.54, 1.807) is 24.3 Å². The van der Waals surface area contributed by atoms with Crippen LogP contribution in [0.25, 0.3) is 6.08 Å². The summed E-state index contributed by atoms with van der Waals surface area (Å²) in [7, 11) is 0. The van der Waals surface area contributed by atoms with Gasteiger partial charge in [0.25, 0.3) is 5.91 Å². The number of ketones is 1. The van der Waals surface area contributed by atoms with E-state index < -0.39 is 11.5 Å². The second-order valence-corrected chi connectivity index (χ2v) is 7.81. The van der Waals surface area contributed by atoms with Crippen molar-refractivity contribution >= 4 is 39.4 Å². The molecule has 1 atom stereocenters. The molecular formula is C23H18BrNO4. The smallest absolute Gasteiger partial charge is 0.264 e. The first-order valence-corrected chi connectivity index (χ1v) is 9.89. The van der Waals surface area contributed by atoms with Crippen molar-refractivity contribution in [1.82, 2.24) is 0 Å². The zero-order valence-corrected chi connectivity index (χ0v) is 17.0. The lowest BCUT2D eigenvalue weighted by molar-refractivity contribution is -0.140. The van der Waals surface area contributed by atoms with Gasteiger partial charge in [-0.25, -0.2) is 0 Å². The molecule has 2 aromatic carbocycles. The number of nitrogens with zero attached hydrogens (tertiary/aromatic N) is 1. The van der Waals surface area contributed by atoms with Crippen LogP contribution in [0, 0.1) is 0 Å². The molecule has 0 aliphatic carbocycles. The van der Waals surface area contributed by atoms with E-state index in [0.717, 1.165) is 10.0 Å². The summed E-state index contributed by atoms with van der Waals surface area (Å²) in [5, 5.41) is 11.3. The molecule has 0 unspecified atom stereocenters. The number of carbonyl (C=O) groups is 2. The summed E-state index contributed by atoms with van der Waals surface area (Å²) in [6.45, 7) is 0.313. The first-order valence-electron chi connectivity index (χ1n) is 9.10. The van der Waals surface area contributed by atoms with Crippen molar-refractivity contribution < 1.29 is 19.1 Å². The Labute approximate surface area is 176 Å². The monoisotopic (exact) mass is 451 g/mol. The highest BCUT2D eigenvalue weighted by atomic mass is 79.9. The molecule has 5 nitrogen and oxygen atoms in total. The van der Waals surface area contributed by atoms with E-state index >= 15 is 0 Å². The second-order valence-electron chi connectivity index (χ2n) is 6.89. The lowest BCUT2D eigenvalue weighted by Gasteiger charge is -2.22. The van der Waals surface area contributed by atoms with Crippen molar-refractivity contribution in [3.05, 3.63) is 94.4 Å². The summed E-state index contributed by atoms with van der Waals surface area (Å²) < 4.78 is 5.90. The van der Waals surface area contributed by atoms with Gasteiger partial charge < -0.3 is 14.4 Å². The number of carbonyl (C=O) groups excluding carboxylic acids is 2. The molecule has 3 aromatic rings. The van der Waals surface area contributed by atoms with Gasteiger partial charge in [0.05, 0.1) is 24.9 Å². The van der Waals surface area contributed by atoms with Crippen molar-refractivity contribution in [2.45, 2.75) is 18.6 Å². The minimum absolute atomic E-state index is 0.313. The fraction of sp³-hybridized carbons (Fsp3) is 0.130. The van der Waals surface area contributed by atoms with Crippen LogP contribution in [0.1, 0.15) is 23.3 Å². The molecule has 2 heterocycles. The van der Waals surface area contributed by atoms with Crippen molar-refractivity contribution in [3.63, 3.8) is 0 Å². The number of anilines is 1. The first-order chi connectivity index (χ1) is 14.0. The van der Waals surface area contributed by atoms with Crippen LogP contribution >= 0.6 is 15.9 Å². The van der Waals surface area contributed by atoms with Crippen LogP contribution in [-0.4, -0.2) is 16.8 Å². The Hall–Kier alpha value is -2.96. The third-order valence-electron chi connectivity index (χ3n) is 4.88. The van der Waals surface area contributed by atoms with E-state index in [1.165, 1.54) is 23.3 Å². The molecule has 1 aliphatic heterocycles. The number of rotatable bonds is 6. The average Bonchev–Trinajstić information content (AvgIpc) is 3.30. The lowest BCUT2D eigenvalue weighted by Crippen LogP contribution is -2.41. The molecule has 4 rings (SSSR count). The maximum atomic E-state index is 13.2. The number of fused-ring (bicyclic) bond motifs is 1. The Morgan fingerprint density at radius 1 is 1.14 bits per heavy atom. The molecule has 1 amide bonds. The number of halogens is 1. The molecule has 146 valence electrons. The maximum absolute atomic E-state index is 13.2. The molecule has 0 bridgehead atoms. The number of amides is 1. The zero-order chi connectivity index (χ0) is 20.4. The van der Waals surface area contributed by atoms with Crippen molar-refractivity contribution in [2.24, 2.45) is 0 Å². The van der Waals surface area contributed by atoms with Gasteiger partial charge in [0.15, 0.2) is 11.4 Å². The van der Waals surface area contributed by atoms with Gasteiger partial charge in [-0.3, -0.25) is 9.59 Å². The third kappa shape index (κ3) is 3.81. The lowest BCUT2D eigenvalue weighted by atomic mass is 9.90. The van der Waals surface area contributed by atoms with E-state index in [-0.39, 0.29) is 12.2 Å². The van der Waals surface area contributed by atoms with E-state index in [0.29, 0.717) is 23.6 Å². The predicted octanol–water partition coefficient (Wildman–Crippen LogP) is 4.45. The summed E-state index contributed by atoms with van der Waals surface area (Å²) in [6, 6.07) is 18.3. The molecular weight excluding hydrogens is 434 g/mol. The van der Waals surface area contributed by atoms with Crippen molar-refractivity contribution in [1.29, 1.82) is 0 Å². The molecule has 29 heavy (non-hydrogen) atoms. The number of furan rings is 1. The summed E-state index contributed by atoms with van der Waals surface area (Å²) in [4.78, 5) is 27.3. The fourth-order valence-corrected chi connectivity index (χ4v) is 3.85. The molecule has 0 saturated carbocycles. The molecule has 1 aromatic heterocycles. The highest BCUT2D eigenvalue weighted by Crippen LogP contribution is 2.44. The second kappa shape index (κ2) is 7.81. The molecule has 0 fully saturated rings. The Balaban J connectivity index is 1.64. The van der Waals surface area contributed by atoms with Crippen LogP contribution in [0.2, 0.25) is 0 Å². The number of hydrogen-bond donors (Lipinski definition) is 1. The number of allylic oxidation sites excluding steroid dienone is 1. The minimum Gasteiger partial charge on any atom is -0.465 e. The fourth-order valence-electron chi connectivity index (χ4n) is 3.49. The summed E-state index contributed by atoms with van der Waals surface area (Å²) >= 11 is 3.39. The van der Waals surface area contributed by atoms with Gasteiger partial charge in [0.1, 0.15) is 5.76 Å². The van der Waals surface area contributed by atoms with E-state index in [1.807, 2.05) is 36.4 Å². The summed E-state index contributed by atoms with van der Waals surface area (Å²) in [6.07, 6.45) is 4.00. The Morgan fingerprint density at radius 2 is 1.93 bits per heavy atom. The largest absolute Gasteiger partial charge is 0.465 e. The predicted molar refractivity (Wildman–Crippen MR) is 113 cm³/mol. The average molecular weight is 452 g/mol. The van der Waals surface area contributed by atoms with E-state index in [9.17, 15) is 14.7 Å². The van der Waals surface area contributed by atoms with Gasteiger partial charge in [-0.05, 0) is 48.0 Å². The van der Waals surface area contributed by atoms with Crippen LogP contribution in [0.5, 0.6) is 0 Å². The highest BCUT2D eigenvalue weighted by molar-refractivity contribution is 9.10. The number of hydrogen-bond acceptors (Lipinski definition) is 4. The summed E-state index contributed by atoms with van der Waals surface area (Å²) in [5.74, 6) is -0.351. The Kier molecular flexibility index (Phi) is 5.22. The topological polar surface area (TPSA) is 70.7 Å². The van der Waals surface area contributed by atoms with Gasteiger partial charge in [-0.15, -0.1) is 0 Å². The van der Waals surface area contributed by atoms with Crippen LogP contribution in [0.4, 0.5) is 5.69 Å². The van der Waals surface area contributed by atoms with Gasteiger partial charge in [-0.2, -0.15) is 0 Å². The standard InChI is InChI=1S/C23H18BrNO4/c24-17-8-11-21-20(13-17)23(28,14-18(26)9-10-19-7-4-12-29-19)22(27)25(21)15-16-5-2-1-3-6-16/h1-13,28H,14-15H2/b10-9-/t23-/m1/s1. The minimum atomic E-state index is -1.92. The quantitative estimate of drug-likeness (QED) is 0.562. The van der Waals surface area contributed by atoms with Crippen molar-refractivity contribution in [3.8, 4) is 0 Å². The van der Waals surface area contributed by atoms with Crippen LogP contribution in [0.3, 0.4) is 0 Å².